The Kier molecular flexibility index (Phi) is 3.61. The van der Waals surface area contributed by atoms with Crippen LogP contribution in [0.1, 0.15) is 18.9 Å². The largest absolute Gasteiger partial charge is 0.406 e. The fraction of sp³-hybridized carbons (Fsp3) is 0.273. The lowest BCUT2D eigenvalue weighted by atomic mass is 10.3. The number of hydrogen-bond acceptors (Lipinski definition) is 5. The summed E-state index contributed by atoms with van der Waals surface area (Å²) in [6, 6.07) is 7.68. The van der Waals surface area contributed by atoms with Gasteiger partial charge >= 0.3 is 6.01 Å². The lowest BCUT2D eigenvalue weighted by Crippen LogP contribution is -2.12. The maximum atomic E-state index is 5.87. The lowest BCUT2D eigenvalue weighted by molar-refractivity contribution is 0.443. The normalized spacial score (nSPS) is 12.4. The van der Waals surface area contributed by atoms with Crippen molar-refractivity contribution in [1.29, 1.82) is 0 Å². The van der Waals surface area contributed by atoms with Crippen molar-refractivity contribution >= 4 is 23.3 Å². The molecule has 0 aliphatic heterocycles. The topological polar surface area (TPSA) is 63.0 Å². The van der Waals surface area contributed by atoms with E-state index in [1.165, 1.54) is 0 Å². The number of aromatic nitrogens is 2. The van der Waals surface area contributed by atoms with Crippen molar-refractivity contribution < 1.29 is 4.42 Å². The van der Waals surface area contributed by atoms with E-state index < -0.39 is 0 Å². The van der Waals surface area contributed by atoms with E-state index in [0.717, 1.165) is 5.69 Å². The molecule has 0 aliphatic rings. The smallest absolute Gasteiger partial charge is 0.320 e. The van der Waals surface area contributed by atoms with Gasteiger partial charge in [0.15, 0.2) is 0 Å². The molecule has 0 aliphatic carbocycles. The van der Waals surface area contributed by atoms with Gasteiger partial charge in [-0.1, -0.05) is 22.8 Å². The molecule has 1 unspecified atom stereocenters. The first-order chi connectivity index (χ1) is 8.19. The van der Waals surface area contributed by atoms with Crippen molar-refractivity contribution in [3.8, 4) is 0 Å². The summed E-state index contributed by atoms with van der Waals surface area (Å²) in [7, 11) is 1.83. The summed E-state index contributed by atoms with van der Waals surface area (Å²) in [6.07, 6.45) is 0. The Bertz CT molecular complexity index is 500. The van der Waals surface area contributed by atoms with Crippen molar-refractivity contribution in [3.63, 3.8) is 0 Å². The maximum absolute atomic E-state index is 5.87. The van der Waals surface area contributed by atoms with E-state index in [2.05, 4.69) is 20.8 Å². The van der Waals surface area contributed by atoms with Crippen LogP contribution in [0.15, 0.2) is 28.7 Å². The van der Waals surface area contributed by atoms with Gasteiger partial charge in [0, 0.05) is 10.7 Å². The molecule has 1 atom stereocenters. The molecule has 1 heterocycles. The molecule has 2 N–H and O–H groups in total. The van der Waals surface area contributed by atoms with Crippen LogP contribution < -0.4 is 10.6 Å². The number of hydrogen-bond donors (Lipinski definition) is 2. The van der Waals surface area contributed by atoms with Crippen LogP contribution in [0.3, 0.4) is 0 Å². The molecule has 0 radical (unpaired) electrons. The van der Waals surface area contributed by atoms with E-state index in [4.69, 9.17) is 16.0 Å². The van der Waals surface area contributed by atoms with Crippen LogP contribution in [0, 0.1) is 0 Å². The Labute approximate surface area is 104 Å². The van der Waals surface area contributed by atoms with Crippen LogP contribution in [-0.4, -0.2) is 17.2 Å². The second-order valence-electron chi connectivity index (χ2n) is 3.59. The molecule has 0 saturated heterocycles. The fourth-order valence-corrected chi connectivity index (χ4v) is 1.46. The molecule has 2 aromatic rings. The fourth-order valence-electron chi connectivity index (χ4n) is 1.27. The summed E-state index contributed by atoms with van der Waals surface area (Å²) in [5.41, 5.74) is 0.810. The van der Waals surface area contributed by atoms with Gasteiger partial charge in [-0.25, -0.2) is 0 Å². The molecule has 2 rings (SSSR count). The highest BCUT2D eigenvalue weighted by atomic mass is 35.5. The van der Waals surface area contributed by atoms with Gasteiger partial charge in [-0.3, -0.25) is 0 Å². The minimum Gasteiger partial charge on any atom is -0.406 e. The summed E-state index contributed by atoms with van der Waals surface area (Å²) in [4.78, 5) is 0. The highest BCUT2D eigenvalue weighted by Gasteiger charge is 2.11. The first-order valence-corrected chi connectivity index (χ1v) is 5.60. The molecule has 17 heavy (non-hydrogen) atoms. The van der Waals surface area contributed by atoms with E-state index in [9.17, 15) is 0 Å². The number of nitrogens with zero attached hydrogens (tertiary/aromatic N) is 2. The molecule has 0 fully saturated rings. The Morgan fingerprint density at radius 1 is 1.35 bits per heavy atom. The highest BCUT2D eigenvalue weighted by Crippen LogP contribution is 2.20. The van der Waals surface area contributed by atoms with E-state index >= 15 is 0 Å². The molecule has 0 saturated carbocycles. The zero-order valence-electron chi connectivity index (χ0n) is 9.57. The zero-order valence-corrected chi connectivity index (χ0v) is 10.3. The van der Waals surface area contributed by atoms with Gasteiger partial charge in [-0.05, 0) is 32.2 Å². The van der Waals surface area contributed by atoms with Gasteiger partial charge in [0.25, 0.3) is 0 Å². The third-order valence-corrected chi connectivity index (χ3v) is 2.56. The Morgan fingerprint density at radius 3 is 2.88 bits per heavy atom. The molecule has 1 aromatic heterocycles. The molecular weight excluding hydrogens is 240 g/mol. The standard InChI is InChI=1S/C11H13ClN4O/c1-7(13-2)10-15-16-11(17-10)14-9-5-3-4-8(12)6-9/h3-7,13H,1-2H3,(H,14,16). The highest BCUT2D eigenvalue weighted by molar-refractivity contribution is 6.30. The van der Waals surface area contributed by atoms with Crippen LogP contribution in [0.4, 0.5) is 11.7 Å². The molecule has 0 bridgehead atoms. The summed E-state index contributed by atoms with van der Waals surface area (Å²) < 4.78 is 5.44. The van der Waals surface area contributed by atoms with E-state index in [1.807, 2.05) is 26.1 Å². The Morgan fingerprint density at radius 2 is 2.18 bits per heavy atom. The van der Waals surface area contributed by atoms with Crippen LogP contribution in [0.25, 0.3) is 0 Å². The SMILES string of the molecule is CNC(C)c1nnc(Nc2cccc(Cl)c2)o1. The number of halogens is 1. The molecule has 90 valence electrons. The van der Waals surface area contributed by atoms with Gasteiger partial charge in [-0.2, -0.15) is 0 Å². The van der Waals surface area contributed by atoms with Crippen LogP contribution in [-0.2, 0) is 0 Å². The first kappa shape index (κ1) is 11.9. The number of anilines is 2. The molecule has 1 aromatic carbocycles. The molecule has 6 heteroatoms. The minimum atomic E-state index is 0.0254. The summed E-state index contributed by atoms with van der Waals surface area (Å²) in [6.45, 7) is 1.94. The Hall–Kier alpha value is -1.59. The number of nitrogens with one attached hydrogen (secondary N) is 2. The predicted octanol–water partition coefficient (Wildman–Crippen LogP) is 2.75. The summed E-state index contributed by atoms with van der Waals surface area (Å²) >= 11 is 5.87. The van der Waals surface area contributed by atoms with Crippen LogP contribution in [0.2, 0.25) is 5.02 Å². The molecular formula is C11H13ClN4O. The van der Waals surface area contributed by atoms with Gasteiger partial charge in [0.1, 0.15) is 0 Å². The number of rotatable bonds is 4. The van der Waals surface area contributed by atoms with Gasteiger partial charge < -0.3 is 15.1 Å². The van der Waals surface area contributed by atoms with Crippen molar-refractivity contribution in [1.82, 2.24) is 15.5 Å². The van der Waals surface area contributed by atoms with Gasteiger partial charge in [-0.15, -0.1) is 5.10 Å². The third kappa shape index (κ3) is 2.95. The summed E-state index contributed by atoms with van der Waals surface area (Å²) in [5, 5.41) is 14.5. The zero-order chi connectivity index (χ0) is 12.3. The summed E-state index contributed by atoms with van der Waals surface area (Å²) in [5.74, 6) is 0.539. The van der Waals surface area contributed by atoms with E-state index in [1.54, 1.807) is 12.1 Å². The Balaban J connectivity index is 2.11. The molecule has 0 amide bonds. The first-order valence-electron chi connectivity index (χ1n) is 5.22. The lowest BCUT2D eigenvalue weighted by Gasteiger charge is -2.03. The monoisotopic (exact) mass is 252 g/mol. The van der Waals surface area contributed by atoms with Crippen molar-refractivity contribution in [2.75, 3.05) is 12.4 Å². The average Bonchev–Trinajstić information content (AvgIpc) is 2.76. The third-order valence-electron chi connectivity index (χ3n) is 2.32. The number of benzene rings is 1. The second kappa shape index (κ2) is 5.16. The van der Waals surface area contributed by atoms with Crippen LogP contribution in [0.5, 0.6) is 0 Å². The van der Waals surface area contributed by atoms with Crippen molar-refractivity contribution in [2.24, 2.45) is 0 Å². The van der Waals surface area contributed by atoms with E-state index in [-0.39, 0.29) is 6.04 Å². The van der Waals surface area contributed by atoms with Crippen LogP contribution >= 0.6 is 11.6 Å². The quantitative estimate of drug-likeness (QED) is 0.876. The van der Waals surface area contributed by atoms with Crippen molar-refractivity contribution in [3.05, 3.63) is 35.2 Å². The second-order valence-corrected chi connectivity index (χ2v) is 4.03. The molecule has 0 spiro atoms. The molecule has 5 nitrogen and oxygen atoms in total. The maximum Gasteiger partial charge on any atom is 0.320 e. The van der Waals surface area contributed by atoms with Gasteiger partial charge in [0.2, 0.25) is 5.89 Å². The predicted molar refractivity (Wildman–Crippen MR) is 66.5 cm³/mol. The van der Waals surface area contributed by atoms with E-state index in [0.29, 0.717) is 16.9 Å². The minimum absolute atomic E-state index is 0.0254. The average molecular weight is 253 g/mol. The van der Waals surface area contributed by atoms with Gasteiger partial charge in [0.05, 0.1) is 6.04 Å². The van der Waals surface area contributed by atoms with Crippen molar-refractivity contribution in [2.45, 2.75) is 13.0 Å².